The third-order valence-electron chi connectivity index (χ3n) is 3.82. The maximum atomic E-state index is 13.5. The van der Waals surface area contributed by atoms with Gasteiger partial charge in [-0.15, -0.1) is 0 Å². The van der Waals surface area contributed by atoms with Crippen molar-refractivity contribution in [2.45, 2.75) is 39.8 Å². The molecule has 1 aromatic carbocycles. The first kappa shape index (κ1) is 16.0. The number of halogens is 2. The van der Waals surface area contributed by atoms with E-state index in [1.165, 1.54) is 6.07 Å². The van der Waals surface area contributed by atoms with Crippen molar-refractivity contribution in [2.75, 3.05) is 7.05 Å². The van der Waals surface area contributed by atoms with Gasteiger partial charge in [-0.1, -0.05) is 17.7 Å². The summed E-state index contributed by atoms with van der Waals surface area (Å²) in [7, 11) is 1.88. The molecule has 0 aliphatic heterocycles. The quantitative estimate of drug-likeness (QED) is 0.910. The number of likely N-dealkylation sites (N-methyl/N-ethyl adjacent to an activating group) is 1. The largest absolute Gasteiger partial charge is 0.313 e. The summed E-state index contributed by atoms with van der Waals surface area (Å²) in [6.45, 7) is 6.69. The number of rotatable bonds is 5. The van der Waals surface area contributed by atoms with Crippen molar-refractivity contribution >= 4 is 11.6 Å². The molecule has 0 aliphatic rings. The number of benzene rings is 1. The summed E-state index contributed by atoms with van der Waals surface area (Å²) in [4.78, 5) is 0. The van der Waals surface area contributed by atoms with E-state index in [9.17, 15) is 4.39 Å². The van der Waals surface area contributed by atoms with E-state index in [2.05, 4.69) is 10.4 Å². The van der Waals surface area contributed by atoms with Crippen LogP contribution in [0, 0.1) is 19.7 Å². The van der Waals surface area contributed by atoms with Gasteiger partial charge < -0.3 is 5.32 Å². The Hall–Kier alpha value is -1.39. The highest BCUT2D eigenvalue weighted by Gasteiger charge is 2.19. The zero-order valence-electron chi connectivity index (χ0n) is 12.9. The SMILES string of the molecule is CCn1nc(C)c(Cl)c1CC(NC)c1cc(F)ccc1C. The second-order valence-electron chi connectivity index (χ2n) is 5.21. The molecule has 0 spiro atoms. The highest BCUT2D eigenvalue weighted by molar-refractivity contribution is 6.31. The molecule has 2 rings (SSSR count). The van der Waals surface area contributed by atoms with Crippen molar-refractivity contribution < 1.29 is 4.39 Å². The zero-order chi connectivity index (χ0) is 15.6. The van der Waals surface area contributed by atoms with Gasteiger partial charge in [0.2, 0.25) is 0 Å². The predicted octanol–water partition coefficient (Wildman–Crippen LogP) is 3.82. The first-order valence-corrected chi connectivity index (χ1v) is 7.50. The van der Waals surface area contributed by atoms with Crippen molar-refractivity contribution in [3.63, 3.8) is 0 Å². The average molecular weight is 310 g/mol. The number of hydrogen-bond donors (Lipinski definition) is 1. The topological polar surface area (TPSA) is 29.9 Å². The third-order valence-corrected chi connectivity index (χ3v) is 4.31. The minimum atomic E-state index is -0.220. The first-order valence-electron chi connectivity index (χ1n) is 7.13. The first-order chi connectivity index (χ1) is 9.97. The van der Waals surface area contributed by atoms with Crippen LogP contribution in [0.4, 0.5) is 4.39 Å². The van der Waals surface area contributed by atoms with E-state index in [0.717, 1.165) is 29.1 Å². The normalized spacial score (nSPS) is 12.7. The molecule has 1 atom stereocenters. The fraction of sp³-hybridized carbons (Fsp3) is 0.438. The Balaban J connectivity index is 2.38. The maximum Gasteiger partial charge on any atom is 0.123 e. The van der Waals surface area contributed by atoms with Gasteiger partial charge in [-0.25, -0.2) is 4.39 Å². The molecular formula is C16H21ClFN3. The van der Waals surface area contributed by atoms with Crippen molar-refractivity contribution in [1.29, 1.82) is 0 Å². The van der Waals surface area contributed by atoms with E-state index in [1.54, 1.807) is 12.1 Å². The van der Waals surface area contributed by atoms with Crippen molar-refractivity contribution in [2.24, 2.45) is 0 Å². The minimum Gasteiger partial charge on any atom is -0.313 e. The Labute approximate surface area is 130 Å². The van der Waals surface area contributed by atoms with Gasteiger partial charge in [0.1, 0.15) is 5.82 Å². The Kier molecular flexibility index (Phi) is 5.01. The molecular weight excluding hydrogens is 289 g/mol. The van der Waals surface area contributed by atoms with Crippen molar-refractivity contribution in [3.8, 4) is 0 Å². The second-order valence-corrected chi connectivity index (χ2v) is 5.59. The van der Waals surface area contributed by atoms with Crippen LogP contribution in [-0.4, -0.2) is 16.8 Å². The molecule has 5 heteroatoms. The average Bonchev–Trinajstić information content (AvgIpc) is 2.74. The van der Waals surface area contributed by atoms with Crippen molar-refractivity contribution in [3.05, 3.63) is 51.6 Å². The fourth-order valence-electron chi connectivity index (χ4n) is 2.61. The van der Waals surface area contributed by atoms with Crippen LogP contribution >= 0.6 is 11.6 Å². The van der Waals surface area contributed by atoms with Gasteiger partial charge in [0.15, 0.2) is 0 Å². The van der Waals surface area contributed by atoms with Gasteiger partial charge in [0.25, 0.3) is 0 Å². The van der Waals surface area contributed by atoms with Gasteiger partial charge >= 0.3 is 0 Å². The molecule has 0 saturated carbocycles. The van der Waals surface area contributed by atoms with E-state index in [-0.39, 0.29) is 11.9 Å². The molecule has 1 aromatic heterocycles. The monoisotopic (exact) mass is 309 g/mol. The number of nitrogens with zero attached hydrogens (tertiary/aromatic N) is 2. The lowest BCUT2D eigenvalue weighted by molar-refractivity contribution is 0.534. The minimum absolute atomic E-state index is 0.000370. The van der Waals surface area contributed by atoms with Gasteiger partial charge in [-0.05, 0) is 51.1 Å². The van der Waals surface area contributed by atoms with E-state index in [4.69, 9.17) is 11.6 Å². The van der Waals surface area contributed by atoms with Crippen LogP contribution in [-0.2, 0) is 13.0 Å². The van der Waals surface area contributed by atoms with Crippen LogP contribution in [0.2, 0.25) is 5.02 Å². The Morgan fingerprint density at radius 2 is 2.10 bits per heavy atom. The Morgan fingerprint density at radius 3 is 2.71 bits per heavy atom. The smallest absolute Gasteiger partial charge is 0.123 e. The molecule has 1 unspecified atom stereocenters. The highest BCUT2D eigenvalue weighted by Crippen LogP contribution is 2.27. The van der Waals surface area contributed by atoms with E-state index in [1.807, 2.05) is 32.5 Å². The molecule has 0 amide bonds. The second kappa shape index (κ2) is 6.58. The maximum absolute atomic E-state index is 13.5. The van der Waals surface area contributed by atoms with Crippen LogP contribution in [0.1, 0.15) is 35.5 Å². The molecule has 0 bridgehead atoms. The molecule has 3 nitrogen and oxygen atoms in total. The summed E-state index contributed by atoms with van der Waals surface area (Å²) in [5.41, 5.74) is 3.83. The summed E-state index contributed by atoms with van der Waals surface area (Å²) < 4.78 is 15.5. The summed E-state index contributed by atoms with van der Waals surface area (Å²) >= 11 is 6.37. The molecule has 2 aromatic rings. The fourth-order valence-corrected chi connectivity index (χ4v) is 2.82. The standard InChI is InChI=1S/C16H21ClFN3/c1-5-21-15(16(17)11(3)20-21)9-14(19-4)13-8-12(18)7-6-10(13)2/h6-8,14,19H,5,9H2,1-4H3. The lowest BCUT2D eigenvalue weighted by Crippen LogP contribution is -2.21. The zero-order valence-corrected chi connectivity index (χ0v) is 13.6. The molecule has 21 heavy (non-hydrogen) atoms. The lowest BCUT2D eigenvalue weighted by Gasteiger charge is -2.20. The number of nitrogens with one attached hydrogen (secondary N) is 1. The summed E-state index contributed by atoms with van der Waals surface area (Å²) in [6, 6.07) is 4.88. The van der Waals surface area contributed by atoms with Crippen LogP contribution < -0.4 is 5.32 Å². The van der Waals surface area contributed by atoms with Gasteiger partial charge in [0.05, 0.1) is 16.4 Å². The number of aryl methyl sites for hydroxylation is 3. The van der Waals surface area contributed by atoms with Crippen LogP contribution in [0.25, 0.3) is 0 Å². The Morgan fingerprint density at radius 1 is 1.38 bits per heavy atom. The van der Waals surface area contributed by atoms with Gasteiger partial charge in [-0.3, -0.25) is 4.68 Å². The van der Waals surface area contributed by atoms with Crippen LogP contribution in [0.3, 0.4) is 0 Å². The molecule has 0 fully saturated rings. The highest BCUT2D eigenvalue weighted by atomic mass is 35.5. The lowest BCUT2D eigenvalue weighted by atomic mass is 9.97. The molecule has 0 aliphatic carbocycles. The molecule has 114 valence electrons. The Bertz CT molecular complexity index is 637. The molecule has 1 N–H and O–H groups in total. The number of aromatic nitrogens is 2. The number of hydrogen-bond acceptors (Lipinski definition) is 2. The molecule has 0 saturated heterocycles. The van der Waals surface area contributed by atoms with Crippen LogP contribution in [0.15, 0.2) is 18.2 Å². The third kappa shape index (κ3) is 3.27. The molecule has 1 heterocycles. The summed E-state index contributed by atoms with van der Waals surface area (Å²) in [5.74, 6) is -0.220. The summed E-state index contributed by atoms with van der Waals surface area (Å²) in [5, 5.41) is 8.39. The van der Waals surface area contributed by atoms with Gasteiger partial charge in [-0.2, -0.15) is 5.10 Å². The van der Waals surface area contributed by atoms with E-state index < -0.39 is 0 Å². The van der Waals surface area contributed by atoms with E-state index in [0.29, 0.717) is 11.4 Å². The predicted molar refractivity (Wildman–Crippen MR) is 84.3 cm³/mol. The van der Waals surface area contributed by atoms with Crippen molar-refractivity contribution in [1.82, 2.24) is 15.1 Å². The van der Waals surface area contributed by atoms with Crippen LogP contribution in [0.5, 0.6) is 0 Å². The molecule has 0 radical (unpaired) electrons. The summed E-state index contributed by atoms with van der Waals surface area (Å²) in [6.07, 6.45) is 0.675. The van der Waals surface area contributed by atoms with Gasteiger partial charge in [0, 0.05) is 19.0 Å². The van der Waals surface area contributed by atoms with E-state index >= 15 is 0 Å².